The van der Waals surface area contributed by atoms with E-state index in [2.05, 4.69) is 23.7 Å². The van der Waals surface area contributed by atoms with Gasteiger partial charge in [-0.15, -0.1) is 0 Å². The molecule has 5 nitrogen and oxygen atoms in total. The molecule has 2 aromatic rings. The minimum absolute atomic E-state index is 0.243. The molecule has 1 heterocycles. The zero-order chi connectivity index (χ0) is 14.8. The molecule has 0 amide bonds. The van der Waals surface area contributed by atoms with E-state index in [1.54, 1.807) is 29.1 Å². The molecule has 0 unspecified atom stereocenters. The number of nitrogens with one attached hydrogen (secondary N) is 1. The Hall–Kier alpha value is -1.82. The molecule has 0 aliphatic carbocycles. The van der Waals surface area contributed by atoms with Crippen LogP contribution in [-0.4, -0.2) is 18.2 Å². The Labute approximate surface area is 119 Å². The van der Waals surface area contributed by atoms with Crippen LogP contribution in [0.3, 0.4) is 0 Å². The van der Waals surface area contributed by atoms with Crippen LogP contribution in [0.15, 0.2) is 41.4 Å². The molecule has 2 rings (SSSR count). The Bertz CT molecular complexity index is 673. The van der Waals surface area contributed by atoms with E-state index in [1.165, 1.54) is 0 Å². The van der Waals surface area contributed by atoms with Crippen molar-refractivity contribution in [3.8, 4) is 0 Å². The summed E-state index contributed by atoms with van der Waals surface area (Å²) in [5, 5.41) is 4.11. The molecule has 0 bridgehead atoms. The first-order valence-electron chi connectivity index (χ1n) is 6.58. The zero-order valence-electron chi connectivity index (χ0n) is 11.9. The number of nitrogens with zero attached hydrogens (tertiary/aromatic N) is 2. The summed E-state index contributed by atoms with van der Waals surface area (Å²) in [6.07, 6.45) is 1.74. The van der Waals surface area contributed by atoms with Gasteiger partial charge in [0.15, 0.2) is 5.82 Å². The lowest BCUT2D eigenvalue weighted by Gasteiger charge is -2.08. The van der Waals surface area contributed by atoms with E-state index in [0.717, 1.165) is 5.56 Å². The van der Waals surface area contributed by atoms with Crippen LogP contribution in [0.5, 0.6) is 0 Å². The van der Waals surface area contributed by atoms with Gasteiger partial charge in [-0.2, -0.15) is 5.10 Å². The largest absolute Gasteiger partial charge is 0.271 e. The molecule has 0 aliphatic rings. The van der Waals surface area contributed by atoms with E-state index < -0.39 is 10.0 Å². The van der Waals surface area contributed by atoms with Gasteiger partial charge < -0.3 is 0 Å². The fourth-order valence-corrected chi connectivity index (χ4v) is 2.82. The molecular formula is C14H19N3O2S. The van der Waals surface area contributed by atoms with Crippen LogP contribution in [0.4, 0.5) is 5.82 Å². The van der Waals surface area contributed by atoms with Gasteiger partial charge in [0.2, 0.25) is 0 Å². The lowest BCUT2D eigenvalue weighted by Crippen LogP contribution is -2.13. The monoisotopic (exact) mass is 293 g/mol. The highest BCUT2D eigenvalue weighted by Crippen LogP contribution is 2.19. The molecule has 1 aromatic carbocycles. The maximum Gasteiger partial charge on any atom is 0.263 e. The lowest BCUT2D eigenvalue weighted by molar-refractivity contribution is 0.600. The average Bonchev–Trinajstić information content (AvgIpc) is 2.85. The van der Waals surface area contributed by atoms with E-state index >= 15 is 0 Å². The maximum absolute atomic E-state index is 12.2. The molecule has 0 saturated carbocycles. The Morgan fingerprint density at radius 2 is 1.85 bits per heavy atom. The van der Waals surface area contributed by atoms with Crippen LogP contribution in [0, 0.1) is 0 Å². The molecule has 0 saturated heterocycles. The molecule has 20 heavy (non-hydrogen) atoms. The number of hydrogen-bond donors (Lipinski definition) is 1. The summed E-state index contributed by atoms with van der Waals surface area (Å²) in [6, 6.07) is 8.56. The van der Waals surface area contributed by atoms with Gasteiger partial charge in [0, 0.05) is 18.8 Å². The fourth-order valence-electron chi connectivity index (χ4n) is 1.82. The molecule has 1 N–H and O–H groups in total. The van der Waals surface area contributed by atoms with Crippen molar-refractivity contribution in [2.75, 3.05) is 4.72 Å². The Morgan fingerprint density at radius 3 is 2.35 bits per heavy atom. The third kappa shape index (κ3) is 3.19. The topological polar surface area (TPSA) is 64.0 Å². The number of anilines is 1. The Morgan fingerprint density at radius 1 is 1.20 bits per heavy atom. The fraction of sp³-hybridized carbons (Fsp3) is 0.357. The summed E-state index contributed by atoms with van der Waals surface area (Å²) in [4.78, 5) is 0.243. The SMILES string of the molecule is CCn1ccc(NS(=O)(=O)c2ccc(C(C)C)cc2)n1. The predicted octanol–water partition coefficient (Wildman–Crippen LogP) is 2.83. The molecule has 0 spiro atoms. The summed E-state index contributed by atoms with van der Waals surface area (Å²) in [5.41, 5.74) is 1.11. The van der Waals surface area contributed by atoms with Crippen molar-refractivity contribution in [1.29, 1.82) is 0 Å². The standard InChI is InChI=1S/C14H19N3O2S/c1-4-17-10-9-14(15-17)16-20(18,19)13-7-5-12(6-8-13)11(2)3/h5-11H,4H2,1-3H3,(H,15,16). The van der Waals surface area contributed by atoms with Crippen molar-refractivity contribution < 1.29 is 8.42 Å². The van der Waals surface area contributed by atoms with Crippen LogP contribution in [-0.2, 0) is 16.6 Å². The second kappa shape index (κ2) is 5.66. The van der Waals surface area contributed by atoms with Crippen LogP contribution in [0.25, 0.3) is 0 Å². The van der Waals surface area contributed by atoms with Crippen LogP contribution < -0.4 is 4.72 Å². The smallest absolute Gasteiger partial charge is 0.263 e. The molecule has 0 atom stereocenters. The van der Waals surface area contributed by atoms with E-state index in [4.69, 9.17) is 0 Å². The Balaban J connectivity index is 2.21. The average molecular weight is 293 g/mol. The zero-order valence-corrected chi connectivity index (χ0v) is 12.7. The second-order valence-electron chi connectivity index (χ2n) is 4.89. The van der Waals surface area contributed by atoms with Gasteiger partial charge in [-0.3, -0.25) is 9.40 Å². The summed E-state index contributed by atoms with van der Waals surface area (Å²) < 4.78 is 28.6. The molecule has 0 radical (unpaired) electrons. The van der Waals surface area contributed by atoms with Crippen LogP contribution in [0.1, 0.15) is 32.3 Å². The van der Waals surface area contributed by atoms with Gasteiger partial charge in [0.05, 0.1) is 4.90 Å². The van der Waals surface area contributed by atoms with Crippen molar-refractivity contribution in [2.45, 2.75) is 38.1 Å². The lowest BCUT2D eigenvalue weighted by atomic mass is 10.0. The van der Waals surface area contributed by atoms with E-state index in [0.29, 0.717) is 18.3 Å². The van der Waals surface area contributed by atoms with E-state index in [9.17, 15) is 8.42 Å². The molecular weight excluding hydrogens is 274 g/mol. The maximum atomic E-state index is 12.2. The van der Waals surface area contributed by atoms with Gasteiger partial charge in [-0.05, 0) is 30.5 Å². The highest BCUT2D eigenvalue weighted by Gasteiger charge is 2.15. The molecule has 1 aromatic heterocycles. The van der Waals surface area contributed by atoms with Gasteiger partial charge in [-0.1, -0.05) is 26.0 Å². The first-order chi connectivity index (χ1) is 9.42. The summed E-state index contributed by atoms with van der Waals surface area (Å²) >= 11 is 0. The first kappa shape index (κ1) is 14.6. The quantitative estimate of drug-likeness (QED) is 0.922. The third-order valence-electron chi connectivity index (χ3n) is 3.06. The molecule has 108 valence electrons. The summed E-state index contributed by atoms with van der Waals surface area (Å²) in [5.74, 6) is 0.708. The number of aryl methyl sites for hydroxylation is 1. The van der Waals surface area contributed by atoms with Crippen molar-refractivity contribution >= 4 is 15.8 Å². The van der Waals surface area contributed by atoms with Crippen molar-refractivity contribution in [2.24, 2.45) is 0 Å². The number of benzene rings is 1. The minimum atomic E-state index is -3.58. The highest BCUT2D eigenvalue weighted by atomic mass is 32.2. The normalized spacial score (nSPS) is 11.8. The second-order valence-corrected chi connectivity index (χ2v) is 6.57. The van der Waals surface area contributed by atoms with Crippen molar-refractivity contribution in [3.63, 3.8) is 0 Å². The van der Waals surface area contributed by atoms with Gasteiger partial charge in [-0.25, -0.2) is 8.42 Å². The summed E-state index contributed by atoms with van der Waals surface area (Å²) in [7, 11) is -3.58. The summed E-state index contributed by atoms with van der Waals surface area (Å²) in [6.45, 7) is 6.78. The van der Waals surface area contributed by atoms with Crippen molar-refractivity contribution in [3.05, 3.63) is 42.1 Å². The van der Waals surface area contributed by atoms with Gasteiger partial charge >= 0.3 is 0 Å². The molecule has 0 fully saturated rings. The Kier molecular flexibility index (Phi) is 4.13. The third-order valence-corrected chi connectivity index (χ3v) is 4.43. The minimum Gasteiger partial charge on any atom is -0.271 e. The van der Waals surface area contributed by atoms with E-state index in [1.807, 2.05) is 19.1 Å². The van der Waals surface area contributed by atoms with E-state index in [-0.39, 0.29) is 4.90 Å². The number of sulfonamides is 1. The molecule has 0 aliphatic heterocycles. The first-order valence-corrected chi connectivity index (χ1v) is 8.07. The van der Waals surface area contributed by atoms with Crippen LogP contribution in [0.2, 0.25) is 0 Å². The van der Waals surface area contributed by atoms with Gasteiger partial charge in [0.1, 0.15) is 0 Å². The van der Waals surface area contributed by atoms with Crippen molar-refractivity contribution in [1.82, 2.24) is 9.78 Å². The number of aromatic nitrogens is 2. The van der Waals surface area contributed by atoms with Crippen LogP contribution >= 0.6 is 0 Å². The number of rotatable bonds is 5. The number of hydrogen-bond acceptors (Lipinski definition) is 3. The highest BCUT2D eigenvalue weighted by molar-refractivity contribution is 7.92. The predicted molar refractivity (Wildman–Crippen MR) is 79.2 cm³/mol. The molecule has 6 heteroatoms. The van der Waals surface area contributed by atoms with Gasteiger partial charge in [0.25, 0.3) is 10.0 Å².